The summed E-state index contributed by atoms with van der Waals surface area (Å²) in [5.74, 6) is -3.70. The highest BCUT2D eigenvalue weighted by Gasteiger charge is 2.61. The van der Waals surface area contributed by atoms with Gasteiger partial charge in [0.1, 0.15) is 0 Å². The Morgan fingerprint density at radius 2 is 1.78 bits per heavy atom. The zero-order chi connectivity index (χ0) is 26.7. The van der Waals surface area contributed by atoms with Crippen molar-refractivity contribution in [1.29, 1.82) is 0 Å². The van der Waals surface area contributed by atoms with Crippen molar-refractivity contribution >= 4 is 28.0 Å². The lowest BCUT2D eigenvalue weighted by Crippen LogP contribution is -2.48. The van der Waals surface area contributed by atoms with E-state index in [0.29, 0.717) is 10.9 Å². The number of nitrogens with one attached hydrogen (secondary N) is 1. The Balaban J connectivity index is 1.84. The number of aromatic carboxylic acids is 1. The van der Waals surface area contributed by atoms with Crippen LogP contribution >= 0.6 is 0 Å². The van der Waals surface area contributed by atoms with Gasteiger partial charge in [-0.25, -0.2) is 9.59 Å². The summed E-state index contributed by atoms with van der Waals surface area (Å²) in [5.41, 5.74) is -2.95. The molecule has 7 nitrogen and oxygen atoms in total. The molecule has 190 valence electrons. The third kappa shape index (κ3) is 3.80. The quantitative estimate of drug-likeness (QED) is 0.301. The van der Waals surface area contributed by atoms with Crippen LogP contribution in [0.5, 0.6) is 0 Å². The molecule has 0 saturated heterocycles. The van der Waals surface area contributed by atoms with Gasteiger partial charge < -0.3 is 19.6 Å². The van der Waals surface area contributed by atoms with Gasteiger partial charge in [-0.2, -0.15) is 13.2 Å². The Morgan fingerprint density at radius 3 is 2.43 bits per heavy atom. The fraction of sp³-hybridized carbons (Fsp3) is 0.185. The maximum Gasteiger partial charge on any atom is 0.422 e. The van der Waals surface area contributed by atoms with Crippen LogP contribution in [0.3, 0.4) is 0 Å². The summed E-state index contributed by atoms with van der Waals surface area (Å²) in [6.45, 7) is 1.50. The zero-order valence-corrected chi connectivity index (χ0v) is 19.6. The second kappa shape index (κ2) is 8.38. The minimum Gasteiger partial charge on any atom is -0.478 e. The molecule has 0 amide bonds. The van der Waals surface area contributed by atoms with E-state index in [9.17, 15) is 19.8 Å². The number of carboxylic acid groups (broad SMARTS) is 1. The van der Waals surface area contributed by atoms with Crippen LogP contribution in [0.4, 0.5) is 13.2 Å². The molecule has 0 aliphatic carbocycles. The summed E-state index contributed by atoms with van der Waals surface area (Å²) in [7, 11) is 1.36. The number of hydrogen-bond donors (Lipinski definition) is 3. The largest absolute Gasteiger partial charge is 0.478 e. The number of aromatic nitrogens is 2. The van der Waals surface area contributed by atoms with Crippen LogP contribution in [-0.2, 0) is 12.6 Å². The molecule has 3 aromatic carbocycles. The van der Waals surface area contributed by atoms with Gasteiger partial charge >= 0.3 is 17.9 Å². The smallest absolute Gasteiger partial charge is 0.422 e. The molecular formula is C27H21F3N2O5. The summed E-state index contributed by atoms with van der Waals surface area (Å²) in [6.07, 6.45) is -5.19. The number of halogens is 3. The van der Waals surface area contributed by atoms with Gasteiger partial charge in [-0.05, 0) is 65.4 Å². The predicted molar refractivity (Wildman–Crippen MR) is 130 cm³/mol. The number of para-hydroxylation sites is 1. The normalized spacial score (nSPS) is 14.6. The third-order valence-electron chi connectivity index (χ3n) is 6.77. The molecule has 10 heteroatoms. The van der Waals surface area contributed by atoms with E-state index in [1.165, 1.54) is 44.3 Å². The van der Waals surface area contributed by atoms with Gasteiger partial charge in [-0.15, -0.1) is 0 Å². The lowest BCUT2D eigenvalue weighted by atomic mass is 9.73. The number of aryl methyl sites for hydroxylation is 2. The van der Waals surface area contributed by atoms with E-state index < -0.39 is 35.0 Å². The standard InChI is InChI=1S/C27H21F3N2O5/c1-14-11-16(24(33)34)7-9-18(14)23(20-12-15-5-3-4-6-19(15)31-20)26(36,27(28,29)30)17-8-10-22-21(13-17)32(2)25(35)37-22/h3-13,23,31,36H,1-2H3,(H,33,34). The molecule has 0 aliphatic rings. The van der Waals surface area contributed by atoms with E-state index in [1.54, 1.807) is 24.3 Å². The van der Waals surface area contributed by atoms with Crippen molar-refractivity contribution in [3.63, 3.8) is 0 Å². The molecule has 0 aliphatic heterocycles. The highest BCUT2D eigenvalue weighted by molar-refractivity contribution is 5.88. The van der Waals surface area contributed by atoms with E-state index in [1.807, 2.05) is 0 Å². The molecule has 2 aromatic heterocycles. The molecule has 37 heavy (non-hydrogen) atoms. The number of H-pyrrole nitrogens is 1. The van der Waals surface area contributed by atoms with Gasteiger partial charge in [-0.3, -0.25) is 4.57 Å². The molecular weight excluding hydrogens is 489 g/mol. The summed E-state index contributed by atoms with van der Waals surface area (Å²) in [4.78, 5) is 26.5. The topological polar surface area (TPSA) is 108 Å². The van der Waals surface area contributed by atoms with Crippen molar-refractivity contribution in [3.8, 4) is 0 Å². The Kier molecular flexibility index (Phi) is 5.52. The minimum absolute atomic E-state index is 0.0740. The van der Waals surface area contributed by atoms with E-state index in [-0.39, 0.29) is 33.5 Å². The number of hydrogen-bond acceptors (Lipinski definition) is 4. The molecule has 5 rings (SSSR count). The molecule has 0 bridgehead atoms. The average molecular weight is 510 g/mol. The first-order valence-electron chi connectivity index (χ1n) is 11.2. The van der Waals surface area contributed by atoms with E-state index in [0.717, 1.165) is 16.7 Å². The number of fused-ring (bicyclic) bond motifs is 2. The molecule has 2 heterocycles. The first-order valence-corrected chi connectivity index (χ1v) is 11.2. The van der Waals surface area contributed by atoms with Crippen molar-refractivity contribution in [1.82, 2.24) is 9.55 Å². The number of nitrogens with zero attached hydrogens (tertiary/aromatic N) is 1. The average Bonchev–Trinajstić information content (AvgIpc) is 3.39. The Hall–Kier alpha value is -4.31. The maximum absolute atomic E-state index is 15.1. The number of benzene rings is 3. The monoisotopic (exact) mass is 510 g/mol. The molecule has 0 fully saturated rings. The lowest BCUT2D eigenvalue weighted by Gasteiger charge is -2.38. The van der Waals surface area contributed by atoms with Gasteiger partial charge in [0.2, 0.25) is 0 Å². The third-order valence-corrected chi connectivity index (χ3v) is 6.77. The molecule has 0 radical (unpaired) electrons. The summed E-state index contributed by atoms with van der Waals surface area (Å²) >= 11 is 0. The van der Waals surface area contributed by atoms with Gasteiger partial charge in [-0.1, -0.05) is 30.3 Å². The van der Waals surface area contributed by atoms with Crippen LogP contribution in [0.25, 0.3) is 22.0 Å². The number of alkyl halides is 3. The number of rotatable bonds is 5. The molecule has 2 unspecified atom stereocenters. The van der Waals surface area contributed by atoms with Crippen LogP contribution in [0, 0.1) is 6.92 Å². The molecule has 2 atom stereocenters. The van der Waals surface area contributed by atoms with Crippen LogP contribution in [0.1, 0.15) is 38.7 Å². The van der Waals surface area contributed by atoms with Crippen molar-refractivity contribution in [2.24, 2.45) is 7.05 Å². The van der Waals surface area contributed by atoms with Crippen LogP contribution in [0.15, 0.2) is 75.9 Å². The van der Waals surface area contributed by atoms with Gasteiger partial charge in [0.25, 0.3) is 0 Å². The Morgan fingerprint density at radius 1 is 1.05 bits per heavy atom. The van der Waals surface area contributed by atoms with Crippen molar-refractivity contribution < 1.29 is 32.6 Å². The van der Waals surface area contributed by atoms with E-state index >= 15 is 13.2 Å². The molecule has 3 N–H and O–H groups in total. The minimum atomic E-state index is -5.19. The highest BCUT2D eigenvalue weighted by Crippen LogP contribution is 2.52. The second-order valence-corrected chi connectivity index (χ2v) is 9.00. The number of carbonyl (C=O) groups is 1. The second-order valence-electron chi connectivity index (χ2n) is 9.00. The van der Waals surface area contributed by atoms with Gasteiger partial charge in [0.05, 0.1) is 17.0 Å². The maximum atomic E-state index is 15.1. The summed E-state index contributed by atoms with van der Waals surface area (Å²) < 4.78 is 51.3. The summed E-state index contributed by atoms with van der Waals surface area (Å²) in [6, 6.07) is 15.6. The highest BCUT2D eigenvalue weighted by atomic mass is 19.4. The fourth-order valence-electron chi connectivity index (χ4n) is 4.86. The van der Waals surface area contributed by atoms with Crippen LogP contribution < -0.4 is 5.76 Å². The van der Waals surface area contributed by atoms with Crippen LogP contribution in [-0.4, -0.2) is 31.9 Å². The van der Waals surface area contributed by atoms with E-state index in [4.69, 9.17) is 4.42 Å². The first-order chi connectivity index (χ1) is 17.4. The first kappa shape index (κ1) is 24.4. The number of aromatic amines is 1. The number of aliphatic hydroxyl groups is 1. The fourth-order valence-corrected chi connectivity index (χ4v) is 4.86. The van der Waals surface area contributed by atoms with Gasteiger partial charge in [0, 0.05) is 18.3 Å². The van der Waals surface area contributed by atoms with Crippen molar-refractivity contribution in [3.05, 3.63) is 105 Å². The number of carboxylic acids is 1. The Bertz CT molecular complexity index is 1700. The Labute approximate surface area is 207 Å². The van der Waals surface area contributed by atoms with Crippen molar-refractivity contribution in [2.75, 3.05) is 0 Å². The zero-order valence-electron chi connectivity index (χ0n) is 19.6. The van der Waals surface area contributed by atoms with Crippen LogP contribution in [0.2, 0.25) is 0 Å². The predicted octanol–water partition coefficient (Wildman–Crippen LogP) is 5.20. The number of oxazole rings is 1. The van der Waals surface area contributed by atoms with Gasteiger partial charge in [0.15, 0.2) is 11.2 Å². The van der Waals surface area contributed by atoms with E-state index in [2.05, 4.69) is 4.98 Å². The lowest BCUT2D eigenvalue weighted by molar-refractivity contribution is -0.272. The molecule has 0 spiro atoms. The SMILES string of the molecule is Cc1cc(C(=O)O)ccc1C(c1cc2ccccc2[nH]1)C(O)(c1ccc2oc(=O)n(C)c2c1)C(F)(F)F. The molecule has 5 aromatic rings. The molecule has 0 saturated carbocycles. The van der Waals surface area contributed by atoms with Crippen molar-refractivity contribution in [2.45, 2.75) is 24.6 Å². The summed E-state index contributed by atoms with van der Waals surface area (Å²) in [5, 5.41) is 21.8.